The molecule has 1 aliphatic rings. The molecule has 1 aliphatic heterocycles. The maximum absolute atomic E-state index is 13.5. The number of carbonyl (C=O) groups excluding carboxylic acids is 1. The van der Waals surface area contributed by atoms with E-state index in [1.165, 1.54) is 4.90 Å². The molecule has 1 saturated heterocycles. The first-order valence-corrected chi connectivity index (χ1v) is 5.34. The largest absolute Gasteiger partial charge is 0.309 e. The lowest BCUT2D eigenvalue weighted by Gasteiger charge is -2.18. The third-order valence-electron chi connectivity index (χ3n) is 2.32. The van der Waals surface area contributed by atoms with Crippen molar-refractivity contribution in [1.29, 1.82) is 0 Å². The van der Waals surface area contributed by atoms with Crippen LogP contribution in [-0.2, 0) is 4.79 Å². The van der Waals surface area contributed by atoms with Gasteiger partial charge in [-0.1, -0.05) is 0 Å². The second-order valence-corrected chi connectivity index (χ2v) is 4.22. The zero-order chi connectivity index (χ0) is 11.0. The Morgan fingerprint density at radius 1 is 1.33 bits per heavy atom. The summed E-state index contributed by atoms with van der Waals surface area (Å²) in [6.45, 7) is 0.486. The van der Waals surface area contributed by atoms with Crippen molar-refractivity contribution in [3.63, 3.8) is 0 Å². The van der Waals surface area contributed by atoms with Crippen LogP contribution in [0.3, 0.4) is 0 Å². The molecule has 0 aromatic heterocycles. The van der Waals surface area contributed by atoms with E-state index in [-0.39, 0.29) is 16.1 Å². The van der Waals surface area contributed by atoms with Gasteiger partial charge in [0.1, 0.15) is 5.82 Å². The van der Waals surface area contributed by atoms with E-state index in [4.69, 9.17) is 0 Å². The summed E-state index contributed by atoms with van der Waals surface area (Å²) >= 11 is 3.06. The lowest BCUT2D eigenvalue weighted by Crippen LogP contribution is -2.25. The highest BCUT2D eigenvalue weighted by atomic mass is 79.9. The standard InChI is InChI=1S/C10H8BrF2NO/c11-7-4-6(12)5-8(13)10(7)14-3-1-2-9(14)15/h4-5H,1-3H2. The fourth-order valence-corrected chi connectivity index (χ4v) is 2.30. The van der Waals surface area contributed by atoms with Crippen molar-refractivity contribution in [2.75, 3.05) is 11.4 Å². The number of halogens is 3. The third kappa shape index (κ3) is 1.88. The van der Waals surface area contributed by atoms with Gasteiger partial charge in [-0.05, 0) is 28.4 Å². The van der Waals surface area contributed by atoms with Gasteiger partial charge in [0.25, 0.3) is 0 Å². The van der Waals surface area contributed by atoms with Crippen LogP contribution in [0.15, 0.2) is 16.6 Å². The zero-order valence-electron chi connectivity index (χ0n) is 7.77. The molecule has 1 amide bonds. The van der Waals surface area contributed by atoms with Gasteiger partial charge in [-0.3, -0.25) is 4.79 Å². The van der Waals surface area contributed by atoms with E-state index in [1.54, 1.807) is 0 Å². The van der Waals surface area contributed by atoms with Crippen LogP contribution in [0.4, 0.5) is 14.5 Å². The Kier molecular flexibility index (Phi) is 2.73. The van der Waals surface area contributed by atoms with Gasteiger partial charge in [-0.15, -0.1) is 0 Å². The number of rotatable bonds is 1. The predicted molar refractivity (Wildman–Crippen MR) is 55.6 cm³/mol. The maximum Gasteiger partial charge on any atom is 0.227 e. The van der Waals surface area contributed by atoms with Crippen molar-refractivity contribution in [3.05, 3.63) is 28.2 Å². The lowest BCUT2D eigenvalue weighted by atomic mass is 10.2. The number of carbonyl (C=O) groups is 1. The molecule has 1 aromatic carbocycles. The summed E-state index contributed by atoms with van der Waals surface area (Å²) in [7, 11) is 0. The molecule has 0 bridgehead atoms. The van der Waals surface area contributed by atoms with E-state index in [2.05, 4.69) is 15.9 Å². The van der Waals surface area contributed by atoms with Crippen molar-refractivity contribution < 1.29 is 13.6 Å². The number of anilines is 1. The van der Waals surface area contributed by atoms with Crippen LogP contribution >= 0.6 is 15.9 Å². The summed E-state index contributed by atoms with van der Waals surface area (Å²) in [5.74, 6) is -1.49. The van der Waals surface area contributed by atoms with Crippen LogP contribution in [-0.4, -0.2) is 12.5 Å². The second kappa shape index (κ2) is 3.89. The van der Waals surface area contributed by atoms with Gasteiger partial charge in [0, 0.05) is 23.5 Å². The fourth-order valence-electron chi connectivity index (χ4n) is 1.68. The van der Waals surface area contributed by atoms with Gasteiger partial charge in [-0.2, -0.15) is 0 Å². The molecule has 2 nitrogen and oxygen atoms in total. The molecular formula is C10H8BrF2NO. The molecule has 80 valence electrons. The first-order chi connectivity index (χ1) is 7.09. The van der Waals surface area contributed by atoms with Crippen LogP contribution in [0.25, 0.3) is 0 Å². The highest BCUT2D eigenvalue weighted by Crippen LogP contribution is 2.33. The molecule has 15 heavy (non-hydrogen) atoms. The second-order valence-electron chi connectivity index (χ2n) is 3.37. The molecule has 1 heterocycles. The Hall–Kier alpha value is -0.970. The van der Waals surface area contributed by atoms with Crippen molar-refractivity contribution in [1.82, 2.24) is 0 Å². The van der Waals surface area contributed by atoms with Crippen molar-refractivity contribution in [3.8, 4) is 0 Å². The molecule has 5 heteroatoms. The van der Waals surface area contributed by atoms with Gasteiger partial charge in [0.2, 0.25) is 5.91 Å². The average molecular weight is 276 g/mol. The molecule has 0 unspecified atom stereocenters. The van der Waals surface area contributed by atoms with Crippen molar-refractivity contribution in [2.45, 2.75) is 12.8 Å². The summed E-state index contributed by atoms with van der Waals surface area (Å²) in [5, 5.41) is 0. The molecule has 0 radical (unpaired) electrons. The monoisotopic (exact) mass is 275 g/mol. The van der Waals surface area contributed by atoms with Gasteiger partial charge >= 0.3 is 0 Å². The van der Waals surface area contributed by atoms with E-state index in [9.17, 15) is 13.6 Å². The van der Waals surface area contributed by atoms with E-state index in [0.29, 0.717) is 19.4 Å². The topological polar surface area (TPSA) is 20.3 Å². The number of nitrogens with zero attached hydrogens (tertiary/aromatic N) is 1. The summed E-state index contributed by atoms with van der Waals surface area (Å²) in [5.41, 5.74) is 0.138. The quantitative estimate of drug-likeness (QED) is 0.772. The zero-order valence-corrected chi connectivity index (χ0v) is 9.35. The summed E-state index contributed by atoms with van der Waals surface area (Å²) in [6, 6.07) is 1.94. The maximum atomic E-state index is 13.5. The normalized spacial score (nSPS) is 16.2. The van der Waals surface area contributed by atoms with E-state index in [1.807, 2.05) is 0 Å². The van der Waals surface area contributed by atoms with E-state index in [0.717, 1.165) is 12.1 Å². The summed E-state index contributed by atoms with van der Waals surface area (Å²) in [6.07, 6.45) is 1.13. The highest BCUT2D eigenvalue weighted by Gasteiger charge is 2.26. The Labute approximate surface area is 94.0 Å². The summed E-state index contributed by atoms with van der Waals surface area (Å²) < 4.78 is 26.6. The molecule has 0 saturated carbocycles. The van der Waals surface area contributed by atoms with Gasteiger partial charge in [0.05, 0.1) is 5.69 Å². The van der Waals surface area contributed by atoms with Crippen LogP contribution in [0, 0.1) is 11.6 Å². The van der Waals surface area contributed by atoms with Crippen LogP contribution < -0.4 is 4.90 Å². The lowest BCUT2D eigenvalue weighted by molar-refractivity contribution is -0.117. The van der Waals surface area contributed by atoms with Crippen molar-refractivity contribution in [2.24, 2.45) is 0 Å². The molecule has 1 aromatic rings. The molecule has 1 fully saturated rings. The Morgan fingerprint density at radius 2 is 2.07 bits per heavy atom. The molecule has 2 rings (SSSR count). The minimum atomic E-state index is -0.711. The van der Waals surface area contributed by atoms with Gasteiger partial charge in [0.15, 0.2) is 5.82 Å². The van der Waals surface area contributed by atoms with Crippen LogP contribution in [0.5, 0.6) is 0 Å². The Balaban J connectivity index is 2.47. The number of benzene rings is 1. The molecule has 0 spiro atoms. The minimum Gasteiger partial charge on any atom is -0.309 e. The van der Waals surface area contributed by atoms with Crippen molar-refractivity contribution >= 4 is 27.5 Å². The number of hydrogen-bond acceptors (Lipinski definition) is 1. The van der Waals surface area contributed by atoms with Crippen LogP contribution in [0.2, 0.25) is 0 Å². The molecule has 0 N–H and O–H groups in total. The highest BCUT2D eigenvalue weighted by molar-refractivity contribution is 9.10. The minimum absolute atomic E-state index is 0.124. The smallest absolute Gasteiger partial charge is 0.227 e. The average Bonchev–Trinajstić information content (AvgIpc) is 2.50. The first-order valence-electron chi connectivity index (χ1n) is 4.54. The predicted octanol–water partition coefficient (Wildman–Crippen LogP) is 2.85. The van der Waals surface area contributed by atoms with E-state index < -0.39 is 11.6 Å². The molecule has 0 aliphatic carbocycles. The Morgan fingerprint density at radius 3 is 2.60 bits per heavy atom. The molecule has 0 atom stereocenters. The number of amides is 1. The number of hydrogen-bond donors (Lipinski definition) is 0. The Bertz CT molecular complexity index is 399. The van der Waals surface area contributed by atoms with Gasteiger partial charge in [-0.25, -0.2) is 8.78 Å². The van der Waals surface area contributed by atoms with Crippen LogP contribution in [0.1, 0.15) is 12.8 Å². The fraction of sp³-hybridized carbons (Fsp3) is 0.300. The van der Waals surface area contributed by atoms with Gasteiger partial charge < -0.3 is 4.90 Å². The summed E-state index contributed by atoms with van der Waals surface area (Å²) in [4.78, 5) is 12.8. The van der Waals surface area contributed by atoms with E-state index >= 15 is 0 Å². The molecular weight excluding hydrogens is 268 g/mol. The first kappa shape index (κ1) is 10.5. The SMILES string of the molecule is O=C1CCCN1c1c(F)cc(F)cc1Br. The third-order valence-corrected chi connectivity index (χ3v) is 2.93.